The number of hydrogen-bond acceptors (Lipinski definition) is 6. The third-order valence-corrected chi connectivity index (χ3v) is 6.21. The largest absolute Gasteiger partial charge is 0.462 e. The maximum absolute atomic E-state index is 12.4. The molecule has 214 valence electrons. The highest BCUT2D eigenvalue weighted by molar-refractivity contribution is 5.69. The molecule has 0 aromatic rings. The Kier molecular flexibility index (Phi) is 16.8. The molecular formula is C30H60N2O4. The molecule has 0 aromatic heterocycles. The Labute approximate surface area is 223 Å². The van der Waals surface area contributed by atoms with Gasteiger partial charge < -0.3 is 20.5 Å². The molecule has 2 atom stereocenters. The molecule has 0 heterocycles. The summed E-state index contributed by atoms with van der Waals surface area (Å²) in [6.45, 7) is 19.9. The molecule has 36 heavy (non-hydrogen) atoms. The van der Waals surface area contributed by atoms with Crippen LogP contribution in [0.1, 0.15) is 146 Å². The number of carbonyl (C=O) groups excluding carboxylic acids is 2. The van der Waals surface area contributed by atoms with E-state index in [-0.39, 0.29) is 40.6 Å². The highest BCUT2D eigenvalue weighted by Gasteiger charge is 2.27. The average Bonchev–Trinajstić information content (AvgIpc) is 2.67. The molecule has 0 amide bonds. The number of esters is 2. The first-order valence-corrected chi connectivity index (χ1v) is 14.5. The maximum atomic E-state index is 12.4. The number of ether oxygens (including phenoxy) is 2. The first-order valence-electron chi connectivity index (χ1n) is 14.5. The smallest absolute Gasteiger partial charge is 0.306 e. The molecule has 0 aromatic carbocycles. The monoisotopic (exact) mass is 512 g/mol. The van der Waals surface area contributed by atoms with Crippen molar-refractivity contribution in [1.82, 2.24) is 5.32 Å². The second-order valence-corrected chi connectivity index (χ2v) is 13.2. The Morgan fingerprint density at radius 1 is 0.722 bits per heavy atom. The van der Waals surface area contributed by atoms with Crippen molar-refractivity contribution in [3.63, 3.8) is 0 Å². The molecule has 6 nitrogen and oxygen atoms in total. The van der Waals surface area contributed by atoms with Gasteiger partial charge in [0.2, 0.25) is 0 Å². The van der Waals surface area contributed by atoms with Crippen LogP contribution in [-0.4, -0.2) is 41.8 Å². The molecule has 3 N–H and O–H groups in total. The van der Waals surface area contributed by atoms with Crippen LogP contribution >= 0.6 is 0 Å². The Hall–Kier alpha value is -1.14. The van der Waals surface area contributed by atoms with Crippen molar-refractivity contribution in [2.24, 2.45) is 11.1 Å². The lowest BCUT2D eigenvalue weighted by atomic mass is 9.85. The van der Waals surface area contributed by atoms with E-state index in [9.17, 15) is 9.59 Å². The predicted molar refractivity (Wildman–Crippen MR) is 151 cm³/mol. The van der Waals surface area contributed by atoms with Crippen LogP contribution in [0.25, 0.3) is 0 Å². The molecule has 6 heteroatoms. The van der Waals surface area contributed by atoms with Crippen molar-refractivity contribution in [2.75, 3.05) is 6.54 Å². The highest BCUT2D eigenvalue weighted by atomic mass is 16.5. The lowest BCUT2D eigenvalue weighted by Crippen LogP contribution is -2.42. The van der Waals surface area contributed by atoms with Gasteiger partial charge in [0.05, 0.1) is 0 Å². The molecule has 0 saturated heterocycles. The summed E-state index contributed by atoms with van der Waals surface area (Å²) in [5.41, 5.74) is 5.87. The van der Waals surface area contributed by atoms with Gasteiger partial charge in [-0.15, -0.1) is 0 Å². The zero-order valence-corrected chi connectivity index (χ0v) is 25.3. The standard InChI is InChI=1S/C30H60N2O4/c1-10-18-24(23-30(8,9)32-11-2)35-26(33)19-16-14-12-13-15-17-20-27(34)36-25(21-28(3,4)5)22-29(6,7)31/h24-25,32H,10-23,31H2,1-9H3. The summed E-state index contributed by atoms with van der Waals surface area (Å²) in [5, 5.41) is 3.47. The Morgan fingerprint density at radius 3 is 1.61 bits per heavy atom. The van der Waals surface area contributed by atoms with Crippen molar-refractivity contribution >= 4 is 11.9 Å². The number of rotatable bonds is 20. The molecular weight excluding hydrogens is 452 g/mol. The molecule has 0 fully saturated rings. The number of nitrogens with one attached hydrogen (secondary N) is 1. The van der Waals surface area contributed by atoms with Crippen LogP contribution < -0.4 is 11.1 Å². The van der Waals surface area contributed by atoms with Crippen LogP contribution in [0.15, 0.2) is 0 Å². The van der Waals surface area contributed by atoms with Crippen molar-refractivity contribution in [1.29, 1.82) is 0 Å². The molecule has 0 aliphatic rings. The van der Waals surface area contributed by atoms with Crippen LogP contribution in [0.2, 0.25) is 0 Å². The first-order chi connectivity index (χ1) is 16.6. The average molecular weight is 513 g/mol. The van der Waals surface area contributed by atoms with E-state index in [2.05, 4.69) is 53.8 Å². The molecule has 0 spiro atoms. The van der Waals surface area contributed by atoms with Gasteiger partial charge in [-0.25, -0.2) is 0 Å². The van der Waals surface area contributed by atoms with Gasteiger partial charge >= 0.3 is 11.9 Å². The third-order valence-electron chi connectivity index (χ3n) is 6.21. The molecule has 0 rings (SSSR count). The topological polar surface area (TPSA) is 90.6 Å². The summed E-state index contributed by atoms with van der Waals surface area (Å²) in [5.74, 6) is -0.191. The lowest BCUT2D eigenvalue weighted by molar-refractivity contribution is -0.152. The Bertz CT molecular complexity index is 589. The van der Waals surface area contributed by atoms with Crippen molar-refractivity contribution in [3.05, 3.63) is 0 Å². The number of carbonyl (C=O) groups is 2. The minimum Gasteiger partial charge on any atom is -0.462 e. The minimum absolute atomic E-state index is 0.0183. The zero-order chi connectivity index (χ0) is 27.8. The summed E-state index contributed by atoms with van der Waals surface area (Å²) in [6, 6.07) is 0. The van der Waals surface area contributed by atoms with Crippen LogP contribution in [-0.2, 0) is 19.1 Å². The van der Waals surface area contributed by atoms with Gasteiger partial charge in [0.1, 0.15) is 12.2 Å². The van der Waals surface area contributed by atoms with Gasteiger partial charge in [0.25, 0.3) is 0 Å². The molecule has 0 aliphatic heterocycles. The zero-order valence-electron chi connectivity index (χ0n) is 25.3. The lowest BCUT2D eigenvalue weighted by Gasteiger charge is -2.30. The van der Waals surface area contributed by atoms with Gasteiger partial charge in [0.15, 0.2) is 0 Å². The quantitative estimate of drug-likeness (QED) is 0.134. The van der Waals surface area contributed by atoms with E-state index in [1.165, 1.54) is 0 Å². The van der Waals surface area contributed by atoms with Gasteiger partial charge in [-0.1, -0.05) is 66.7 Å². The fourth-order valence-electron chi connectivity index (χ4n) is 4.81. The Balaban J connectivity index is 4.12. The normalized spacial score (nSPS) is 14.4. The van der Waals surface area contributed by atoms with Crippen molar-refractivity contribution in [3.8, 4) is 0 Å². The summed E-state index contributed by atoms with van der Waals surface area (Å²) in [7, 11) is 0. The van der Waals surface area contributed by atoms with Crippen LogP contribution in [0, 0.1) is 5.41 Å². The highest BCUT2D eigenvalue weighted by Crippen LogP contribution is 2.27. The second-order valence-electron chi connectivity index (χ2n) is 13.2. The van der Waals surface area contributed by atoms with E-state index in [0.717, 1.165) is 70.8 Å². The van der Waals surface area contributed by atoms with Gasteiger partial charge in [-0.05, 0) is 65.3 Å². The molecule has 2 unspecified atom stereocenters. The van der Waals surface area contributed by atoms with Crippen LogP contribution in [0.3, 0.4) is 0 Å². The van der Waals surface area contributed by atoms with E-state index in [0.29, 0.717) is 19.3 Å². The van der Waals surface area contributed by atoms with Crippen molar-refractivity contribution < 1.29 is 19.1 Å². The number of unbranched alkanes of at least 4 members (excludes halogenated alkanes) is 5. The molecule has 0 aliphatic carbocycles. The summed E-state index contributed by atoms with van der Waals surface area (Å²) >= 11 is 0. The predicted octanol–water partition coefficient (Wildman–Crippen LogP) is 7.07. The fourth-order valence-corrected chi connectivity index (χ4v) is 4.81. The molecule has 0 bridgehead atoms. The van der Waals surface area contributed by atoms with Crippen molar-refractivity contribution in [2.45, 2.75) is 169 Å². The van der Waals surface area contributed by atoms with Gasteiger partial charge in [-0.3, -0.25) is 9.59 Å². The van der Waals surface area contributed by atoms with E-state index in [1.807, 2.05) is 13.8 Å². The number of hydrogen-bond donors (Lipinski definition) is 2. The Morgan fingerprint density at radius 2 is 1.19 bits per heavy atom. The van der Waals surface area contributed by atoms with Gasteiger partial charge in [0, 0.05) is 36.8 Å². The maximum Gasteiger partial charge on any atom is 0.306 e. The SMILES string of the molecule is CCCC(CC(C)(C)NCC)OC(=O)CCCCCCCCC(=O)OC(CC(C)(C)C)CC(C)(C)N. The first kappa shape index (κ1) is 34.9. The molecule has 0 radical (unpaired) electrons. The van der Waals surface area contributed by atoms with Crippen LogP contribution in [0.4, 0.5) is 0 Å². The second kappa shape index (κ2) is 17.4. The van der Waals surface area contributed by atoms with E-state index < -0.39 is 0 Å². The van der Waals surface area contributed by atoms with E-state index in [4.69, 9.17) is 15.2 Å². The summed E-state index contributed by atoms with van der Waals surface area (Å²) < 4.78 is 11.6. The third kappa shape index (κ3) is 21.0. The van der Waals surface area contributed by atoms with E-state index >= 15 is 0 Å². The fraction of sp³-hybridized carbons (Fsp3) is 0.933. The number of nitrogens with two attached hydrogens (primary N) is 1. The summed E-state index contributed by atoms with van der Waals surface area (Å²) in [4.78, 5) is 24.7. The molecule has 0 saturated carbocycles. The minimum atomic E-state index is -0.359. The van der Waals surface area contributed by atoms with E-state index in [1.54, 1.807) is 0 Å². The van der Waals surface area contributed by atoms with Gasteiger partial charge in [-0.2, -0.15) is 0 Å². The summed E-state index contributed by atoms with van der Waals surface area (Å²) in [6.07, 6.45) is 10.9. The van der Waals surface area contributed by atoms with Crippen LogP contribution in [0.5, 0.6) is 0 Å².